The number of ether oxygens (including phenoxy) is 1. The molecule has 0 aliphatic heterocycles. The van der Waals surface area contributed by atoms with Crippen LogP contribution in [0, 0.1) is 6.92 Å². The van der Waals surface area contributed by atoms with Gasteiger partial charge in [0.05, 0.1) is 12.8 Å². The van der Waals surface area contributed by atoms with Crippen LogP contribution >= 0.6 is 0 Å². The zero-order chi connectivity index (χ0) is 9.84. The van der Waals surface area contributed by atoms with Crippen LogP contribution in [0.5, 0.6) is 5.75 Å². The Morgan fingerprint density at radius 3 is 2.62 bits per heavy atom. The first kappa shape index (κ1) is 9.58. The molecule has 1 aromatic carbocycles. The molecular weight excluding hydrogens is 166 g/mol. The zero-order valence-corrected chi connectivity index (χ0v) is 7.78. The summed E-state index contributed by atoms with van der Waals surface area (Å²) in [5.41, 5.74) is 0.727. The second kappa shape index (κ2) is 3.94. The summed E-state index contributed by atoms with van der Waals surface area (Å²) in [7, 11) is 3.23. The molecule has 0 atom stereocenters. The Kier molecular flexibility index (Phi) is 2.90. The molecule has 1 radical (unpaired) electrons. The standard InChI is InChI=1S/C10H12NO2/c1-8(12)11(2)9-6-4-5-7-10(9)13-3/h4-7H,1H2,2-3H3. The van der Waals surface area contributed by atoms with Crippen molar-refractivity contribution < 1.29 is 9.53 Å². The number of hydrogen-bond donors (Lipinski definition) is 0. The molecule has 0 aromatic heterocycles. The minimum atomic E-state index is -0.260. The fourth-order valence-corrected chi connectivity index (χ4v) is 1.04. The van der Waals surface area contributed by atoms with Gasteiger partial charge in [0.2, 0.25) is 5.91 Å². The topological polar surface area (TPSA) is 29.5 Å². The molecule has 69 valence electrons. The molecule has 0 fully saturated rings. The van der Waals surface area contributed by atoms with Gasteiger partial charge in [-0.2, -0.15) is 0 Å². The second-order valence-corrected chi connectivity index (χ2v) is 2.62. The molecule has 0 saturated carbocycles. The maximum absolute atomic E-state index is 11.0. The van der Waals surface area contributed by atoms with Gasteiger partial charge >= 0.3 is 0 Å². The lowest BCUT2D eigenvalue weighted by Crippen LogP contribution is -2.23. The van der Waals surface area contributed by atoms with Crippen LogP contribution in [0.25, 0.3) is 0 Å². The Hall–Kier alpha value is -1.51. The molecule has 13 heavy (non-hydrogen) atoms. The van der Waals surface area contributed by atoms with Crippen LogP contribution in [0.4, 0.5) is 5.69 Å². The number of para-hydroxylation sites is 2. The summed E-state index contributed by atoms with van der Waals surface area (Å²) in [5.74, 6) is 0.409. The Balaban J connectivity index is 3.05. The molecule has 1 aromatic rings. The van der Waals surface area contributed by atoms with Crippen molar-refractivity contribution in [3.8, 4) is 5.75 Å². The van der Waals surface area contributed by atoms with E-state index in [9.17, 15) is 4.79 Å². The van der Waals surface area contributed by atoms with Crippen molar-refractivity contribution in [2.45, 2.75) is 0 Å². The summed E-state index contributed by atoms with van der Waals surface area (Å²) in [6.45, 7) is 3.32. The van der Waals surface area contributed by atoms with Crippen molar-refractivity contribution in [2.24, 2.45) is 0 Å². The van der Waals surface area contributed by atoms with Gasteiger partial charge in [0.15, 0.2) is 0 Å². The van der Waals surface area contributed by atoms with E-state index in [0.29, 0.717) is 5.75 Å². The van der Waals surface area contributed by atoms with Crippen LogP contribution in [-0.4, -0.2) is 20.1 Å². The van der Waals surface area contributed by atoms with Crippen molar-refractivity contribution in [3.63, 3.8) is 0 Å². The number of rotatable bonds is 2. The third kappa shape index (κ3) is 1.99. The minimum absolute atomic E-state index is 0.260. The molecule has 0 unspecified atom stereocenters. The molecule has 0 saturated heterocycles. The van der Waals surface area contributed by atoms with Crippen LogP contribution in [-0.2, 0) is 4.79 Å². The first-order valence-corrected chi connectivity index (χ1v) is 3.89. The van der Waals surface area contributed by atoms with E-state index in [-0.39, 0.29) is 5.91 Å². The third-order valence-corrected chi connectivity index (χ3v) is 1.82. The highest BCUT2D eigenvalue weighted by atomic mass is 16.5. The second-order valence-electron chi connectivity index (χ2n) is 2.62. The molecule has 3 nitrogen and oxygen atoms in total. The number of anilines is 1. The lowest BCUT2D eigenvalue weighted by Gasteiger charge is -2.17. The van der Waals surface area contributed by atoms with E-state index in [2.05, 4.69) is 6.92 Å². The average Bonchev–Trinajstić information content (AvgIpc) is 2.16. The van der Waals surface area contributed by atoms with Gasteiger partial charge < -0.3 is 9.64 Å². The molecule has 0 spiro atoms. The van der Waals surface area contributed by atoms with Crippen LogP contribution in [0.3, 0.4) is 0 Å². The Morgan fingerprint density at radius 2 is 2.08 bits per heavy atom. The highest BCUT2D eigenvalue weighted by Gasteiger charge is 2.09. The number of methoxy groups -OCH3 is 1. The monoisotopic (exact) mass is 178 g/mol. The lowest BCUT2D eigenvalue weighted by molar-refractivity contribution is -0.114. The molecule has 0 heterocycles. The predicted molar refractivity (Wildman–Crippen MR) is 51.8 cm³/mol. The van der Waals surface area contributed by atoms with Gasteiger partial charge in [0.25, 0.3) is 0 Å². The van der Waals surface area contributed by atoms with Crippen molar-refractivity contribution >= 4 is 11.6 Å². The van der Waals surface area contributed by atoms with Crippen LogP contribution in [0.1, 0.15) is 0 Å². The summed E-state index contributed by atoms with van der Waals surface area (Å²) < 4.78 is 5.09. The van der Waals surface area contributed by atoms with Gasteiger partial charge in [-0.1, -0.05) is 12.1 Å². The van der Waals surface area contributed by atoms with E-state index in [1.807, 2.05) is 18.2 Å². The lowest BCUT2D eigenvalue weighted by atomic mass is 10.2. The fraction of sp³-hybridized carbons (Fsp3) is 0.200. The largest absolute Gasteiger partial charge is 0.495 e. The van der Waals surface area contributed by atoms with Crippen molar-refractivity contribution in [3.05, 3.63) is 31.2 Å². The molecule has 1 amide bonds. The van der Waals surface area contributed by atoms with E-state index in [4.69, 9.17) is 4.74 Å². The maximum Gasteiger partial charge on any atom is 0.227 e. The summed E-state index contributed by atoms with van der Waals surface area (Å²) in [6, 6.07) is 7.30. The van der Waals surface area contributed by atoms with Crippen LogP contribution in [0.2, 0.25) is 0 Å². The first-order valence-electron chi connectivity index (χ1n) is 3.89. The normalized spacial score (nSPS) is 9.46. The number of nitrogens with zero attached hydrogens (tertiary/aromatic N) is 1. The van der Waals surface area contributed by atoms with Gasteiger partial charge in [0, 0.05) is 14.0 Å². The fourth-order valence-electron chi connectivity index (χ4n) is 1.04. The molecule has 0 aliphatic carbocycles. The number of amides is 1. The van der Waals surface area contributed by atoms with E-state index >= 15 is 0 Å². The number of benzene rings is 1. The molecule has 0 aliphatic rings. The molecule has 1 rings (SSSR count). The molecular formula is C10H12NO2. The van der Waals surface area contributed by atoms with Crippen molar-refractivity contribution in [1.82, 2.24) is 0 Å². The Labute approximate surface area is 77.9 Å². The predicted octanol–water partition coefficient (Wildman–Crippen LogP) is 1.49. The minimum Gasteiger partial charge on any atom is -0.495 e. The van der Waals surface area contributed by atoms with E-state index in [1.165, 1.54) is 4.90 Å². The van der Waals surface area contributed by atoms with Crippen LogP contribution < -0.4 is 9.64 Å². The Bertz CT molecular complexity index is 310. The van der Waals surface area contributed by atoms with E-state index in [0.717, 1.165) is 5.69 Å². The number of hydrogen-bond acceptors (Lipinski definition) is 2. The number of carbonyl (C=O) groups excluding carboxylic acids is 1. The SMILES string of the molecule is [CH2]C(=O)N(C)c1ccccc1OC. The zero-order valence-electron chi connectivity index (χ0n) is 7.78. The Morgan fingerprint density at radius 1 is 1.46 bits per heavy atom. The molecule has 3 heteroatoms. The highest BCUT2D eigenvalue weighted by molar-refractivity contribution is 5.97. The van der Waals surface area contributed by atoms with Gasteiger partial charge in [0.1, 0.15) is 5.75 Å². The summed E-state index contributed by atoms with van der Waals surface area (Å²) in [6.07, 6.45) is 0. The molecule has 0 bridgehead atoms. The van der Waals surface area contributed by atoms with Gasteiger partial charge in [-0.25, -0.2) is 0 Å². The summed E-state index contributed by atoms with van der Waals surface area (Å²) in [5, 5.41) is 0. The number of carbonyl (C=O) groups is 1. The van der Waals surface area contributed by atoms with Gasteiger partial charge in [-0.3, -0.25) is 4.79 Å². The summed E-state index contributed by atoms with van der Waals surface area (Å²) in [4.78, 5) is 12.4. The quantitative estimate of drug-likeness (QED) is 0.686. The van der Waals surface area contributed by atoms with Crippen molar-refractivity contribution in [1.29, 1.82) is 0 Å². The third-order valence-electron chi connectivity index (χ3n) is 1.82. The van der Waals surface area contributed by atoms with Crippen LogP contribution in [0.15, 0.2) is 24.3 Å². The van der Waals surface area contributed by atoms with Crippen molar-refractivity contribution in [2.75, 3.05) is 19.1 Å². The summed E-state index contributed by atoms with van der Waals surface area (Å²) >= 11 is 0. The highest BCUT2D eigenvalue weighted by Crippen LogP contribution is 2.26. The average molecular weight is 178 g/mol. The molecule has 0 N–H and O–H groups in total. The first-order chi connectivity index (χ1) is 6.16. The maximum atomic E-state index is 11.0. The van der Waals surface area contributed by atoms with E-state index < -0.39 is 0 Å². The van der Waals surface area contributed by atoms with E-state index in [1.54, 1.807) is 20.2 Å². The smallest absolute Gasteiger partial charge is 0.227 e. The van der Waals surface area contributed by atoms with Gasteiger partial charge in [-0.15, -0.1) is 0 Å². The van der Waals surface area contributed by atoms with Gasteiger partial charge in [-0.05, 0) is 12.1 Å².